The topological polar surface area (TPSA) is 216 Å². The lowest BCUT2D eigenvalue weighted by molar-refractivity contribution is -0.147. The molecule has 0 unspecified atom stereocenters. The third-order valence-corrected chi connectivity index (χ3v) is 2.81. The van der Waals surface area contributed by atoms with Gasteiger partial charge in [0.15, 0.2) is 0 Å². The molecule has 24 heavy (non-hydrogen) atoms. The summed E-state index contributed by atoms with van der Waals surface area (Å²) in [6.45, 7) is -0.900. The second kappa shape index (κ2) is 10.1. The summed E-state index contributed by atoms with van der Waals surface area (Å²) in [4.78, 5) is 55.3. The van der Waals surface area contributed by atoms with E-state index >= 15 is 0 Å². The first-order valence-electron chi connectivity index (χ1n) is 6.72. The van der Waals surface area contributed by atoms with Crippen molar-refractivity contribution in [2.45, 2.75) is 37.4 Å². The Kier molecular flexibility index (Phi) is 8.97. The van der Waals surface area contributed by atoms with E-state index in [1.807, 2.05) is 10.6 Å². The number of carboxylic acids is 3. The number of hydrogen-bond acceptors (Lipinski definition) is 7. The molecule has 0 rings (SSSR count). The van der Waals surface area contributed by atoms with Gasteiger partial charge in [-0.25, -0.2) is 4.79 Å². The molecule has 2 amide bonds. The van der Waals surface area contributed by atoms with Crippen molar-refractivity contribution in [2.75, 3.05) is 6.61 Å². The quantitative estimate of drug-likeness (QED) is 0.197. The molecule has 3 atom stereocenters. The van der Waals surface area contributed by atoms with Gasteiger partial charge >= 0.3 is 17.9 Å². The van der Waals surface area contributed by atoms with Crippen LogP contribution in [0.2, 0.25) is 0 Å². The minimum absolute atomic E-state index is 0.211. The molecule has 0 saturated carbocycles. The molecule has 8 N–H and O–H groups in total. The average Bonchev–Trinajstić information content (AvgIpc) is 2.48. The number of aliphatic hydroxyl groups excluding tert-OH is 1. The summed E-state index contributed by atoms with van der Waals surface area (Å²) >= 11 is 0. The highest BCUT2D eigenvalue weighted by atomic mass is 16.4. The first kappa shape index (κ1) is 21.3. The molecule has 12 heteroatoms. The zero-order valence-electron chi connectivity index (χ0n) is 12.5. The number of carbonyl (C=O) groups is 5. The molecule has 0 aliphatic heterocycles. The zero-order chi connectivity index (χ0) is 18.9. The maximum atomic E-state index is 11.8. The maximum Gasteiger partial charge on any atom is 0.326 e. The Labute approximate surface area is 135 Å². The molecule has 0 spiro atoms. The van der Waals surface area contributed by atoms with Crippen LogP contribution in [0.4, 0.5) is 0 Å². The lowest BCUT2D eigenvalue weighted by Crippen LogP contribution is -2.56. The minimum atomic E-state index is -1.75. The normalized spacial score (nSPS) is 14.1. The molecule has 0 heterocycles. The zero-order valence-corrected chi connectivity index (χ0v) is 12.5. The fourth-order valence-corrected chi connectivity index (χ4v) is 1.53. The van der Waals surface area contributed by atoms with Crippen LogP contribution in [-0.2, 0) is 24.0 Å². The molecule has 136 valence electrons. The van der Waals surface area contributed by atoms with E-state index in [9.17, 15) is 24.0 Å². The largest absolute Gasteiger partial charge is 0.481 e. The Hall–Kier alpha value is -2.73. The Morgan fingerprint density at radius 1 is 0.875 bits per heavy atom. The van der Waals surface area contributed by atoms with E-state index in [-0.39, 0.29) is 12.8 Å². The smallest absolute Gasteiger partial charge is 0.326 e. The monoisotopic (exact) mass is 349 g/mol. The van der Waals surface area contributed by atoms with E-state index in [2.05, 4.69) is 0 Å². The summed E-state index contributed by atoms with van der Waals surface area (Å²) in [7, 11) is 0. The minimum Gasteiger partial charge on any atom is -0.481 e. The Morgan fingerprint density at radius 2 is 1.42 bits per heavy atom. The van der Waals surface area contributed by atoms with Crippen molar-refractivity contribution in [1.82, 2.24) is 10.6 Å². The Balaban J connectivity index is 4.73. The Morgan fingerprint density at radius 3 is 1.83 bits per heavy atom. The molecule has 0 aliphatic carbocycles. The number of aliphatic carboxylic acids is 3. The summed E-state index contributed by atoms with van der Waals surface area (Å²) in [6.07, 6.45) is -1.49. The van der Waals surface area contributed by atoms with Gasteiger partial charge in [0, 0.05) is 6.42 Å². The highest BCUT2D eigenvalue weighted by molar-refractivity contribution is 5.92. The lowest BCUT2D eigenvalue weighted by Gasteiger charge is -2.20. The standard InChI is InChI=1S/C12H19N3O9/c13-5(1-2-8(17)18)10(21)15-7(4-16)11(22)14-6(12(23)24)3-9(19)20/h5-7,16H,1-4,13H2,(H,14,22)(H,15,21)(H,17,18)(H,19,20)(H,23,24)/t5-,6-,7-/m0/s1. The van der Waals surface area contributed by atoms with E-state index in [0.717, 1.165) is 0 Å². The summed E-state index contributed by atoms with van der Waals surface area (Å²) in [6, 6.07) is -4.57. The summed E-state index contributed by atoms with van der Waals surface area (Å²) < 4.78 is 0. The summed E-state index contributed by atoms with van der Waals surface area (Å²) in [5, 5.41) is 38.9. The molecule has 0 saturated heterocycles. The van der Waals surface area contributed by atoms with Crippen molar-refractivity contribution in [3.8, 4) is 0 Å². The van der Waals surface area contributed by atoms with Crippen LogP contribution < -0.4 is 16.4 Å². The highest BCUT2D eigenvalue weighted by Crippen LogP contribution is 1.98. The van der Waals surface area contributed by atoms with E-state index in [1.54, 1.807) is 0 Å². The third-order valence-electron chi connectivity index (χ3n) is 2.81. The molecule has 0 bridgehead atoms. The van der Waals surface area contributed by atoms with E-state index in [0.29, 0.717) is 0 Å². The van der Waals surface area contributed by atoms with E-state index < -0.39 is 60.9 Å². The number of hydrogen-bond donors (Lipinski definition) is 7. The SMILES string of the molecule is N[C@@H](CCC(=O)O)C(=O)N[C@@H](CO)C(=O)N[C@@H](CC(=O)O)C(=O)O. The molecular weight excluding hydrogens is 330 g/mol. The molecular formula is C12H19N3O9. The van der Waals surface area contributed by atoms with Gasteiger partial charge in [-0.1, -0.05) is 0 Å². The van der Waals surface area contributed by atoms with Crippen LogP contribution in [0, 0.1) is 0 Å². The number of aliphatic hydroxyl groups is 1. The van der Waals surface area contributed by atoms with Crippen LogP contribution in [-0.4, -0.2) is 74.9 Å². The molecule has 0 aromatic rings. The lowest BCUT2D eigenvalue weighted by atomic mass is 10.1. The molecule has 0 fully saturated rings. The second-order valence-electron chi connectivity index (χ2n) is 4.78. The van der Waals surface area contributed by atoms with Gasteiger partial charge in [0.05, 0.1) is 19.1 Å². The van der Waals surface area contributed by atoms with Gasteiger partial charge in [0.1, 0.15) is 12.1 Å². The Bertz CT molecular complexity index is 508. The van der Waals surface area contributed by atoms with Crippen molar-refractivity contribution < 1.29 is 44.4 Å². The highest BCUT2D eigenvalue weighted by Gasteiger charge is 2.28. The number of carbonyl (C=O) groups excluding carboxylic acids is 2. The van der Waals surface area contributed by atoms with Crippen molar-refractivity contribution in [3.05, 3.63) is 0 Å². The first-order chi connectivity index (χ1) is 11.1. The predicted molar refractivity (Wildman–Crippen MR) is 75.7 cm³/mol. The van der Waals surface area contributed by atoms with Crippen molar-refractivity contribution in [3.63, 3.8) is 0 Å². The van der Waals surface area contributed by atoms with Crippen LogP contribution >= 0.6 is 0 Å². The predicted octanol–water partition coefficient (Wildman–Crippen LogP) is -3.30. The van der Waals surface area contributed by atoms with Crippen molar-refractivity contribution >= 4 is 29.7 Å². The van der Waals surface area contributed by atoms with Crippen LogP contribution in [0.1, 0.15) is 19.3 Å². The van der Waals surface area contributed by atoms with E-state index in [1.165, 1.54) is 0 Å². The van der Waals surface area contributed by atoms with Crippen LogP contribution in [0.15, 0.2) is 0 Å². The molecule has 0 aromatic carbocycles. The summed E-state index contributed by atoms with van der Waals surface area (Å²) in [5.74, 6) is -6.29. The van der Waals surface area contributed by atoms with Gasteiger partial charge in [0.2, 0.25) is 11.8 Å². The van der Waals surface area contributed by atoms with Crippen molar-refractivity contribution in [2.24, 2.45) is 5.73 Å². The molecule has 0 radical (unpaired) electrons. The van der Waals surface area contributed by atoms with Crippen LogP contribution in [0.5, 0.6) is 0 Å². The van der Waals surface area contributed by atoms with Crippen LogP contribution in [0.3, 0.4) is 0 Å². The maximum absolute atomic E-state index is 11.8. The van der Waals surface area contributed by atoms with E-state index in [4.69, 9.17) is 26.2 Å². The average molecular weight is 349 g/mol. The number of nitrogens with two attached hydrogens (primary N) is 1. The molecule has 0 aliphatic rings. The number of nitrogens with one attached hydrogen (secondary N) is 2. The number of carboxylic acid groups (broad SMARTS) is 3. The second-order valence-corrected chi connectivity index (χ2v) is 4.78. The molecule has 12 nitrogen and oxygen atoms in total. The summed E-state index contributed by atoms with van der Waals surface area (Å²) in [5.41, 5.74) is 5.42. The fourth-order valence-electron chi connectivity index (χ4n) is 1.53. The van der Waals surface area contributed by atoms with Gasteiger partial charge in [-0.3, -0.25) is 19.2 Å². The van der Waals surface area contributed by atoms with Gasteiger partial charge in [0.25, 0.3) is 0 Å². The van der Waals surface area contributed by atoms with Gasteiger partial charge in [-0.05, 0) is 6.42 Å². The van der Waals surface area contributed by atoms with Gasteiger partial charge in [-0.15, -0.1) is 0 Å². The first-order valence-corrected chi connectivity index (χ1v) is 6.72. The van der Waals surface area contributed by atoms with Crippen molar-refractivity contribution in [1.29, 1.82) is 0 Å². The fraction of sp³-hybridized carbons (Fsp3) is 0.583. The number of amides is 2. The third kappa shape index (κ3) is 8.05. The van der Waals surface area contributed by atoms with Crippen LogP contribution in [0.25, 0.3) is 0 Å². The number of rotatable bonds is 11. The van der Waals surface area contributed by atoms with Gasteiger partial charge in [-0.2, -0.15) is 0 Å². The molecule has 0 aromatic heterocycles. The van der Waals surface area contributed by atoms with Gasteiger partial charge < -0.3 is 36.8 Å².